The summed E-state index contributed by atoms with van der Waals surface area (Å²) in [5.41, 5.74) is 3.30. The molecule has 2 aromatic rings. The van der Waals surface area contributed by atoms with Gasteiger partial charge in [-0.15, -0.1) is 0 Å². The lowest BCUT2D eigenvalue weighted by Crippen LogP contribution is -2.48. The number of hydrogen-bond donors (Lipinski definition) is 1. The highest BCUT2D eigenvalue weighted by molar-refractivity contribution is 6.45. The molecule has 0 aliphatic carbocycles. The van der Waals surface area contributed by atoms with E-state index in [-0.39, 0.29) is 18.4 Å². The summed E-state index contributed by atoms with van der Waals surface area (Å²) in [6, 6.07) is 16.9. The smallest absolute Gasteiger partial charge is 0.282 e. The summed E-state index contributed by atoms with van der Waals surface area (Å²) in [5, 5.41) is 9.18. The Morgan fingerprint density at radius 2 is 1.62 bits per heavy atom. The molecule has 0 bridgehead atoms. The number of anilines is 1. The zero-order valence-corrected chi connectivity index (χ0v) is 16.5. The lowest BCUT2D eigenvalue weighted by Gasteiger charge is -2.36. The van der Waals surface area contributed by atoms with Crippen molar-refractivity contribution in [1.29, 1.82) is 0 Å². The zero-order chi connectivity index (χ0) is 20.4. The molecule has 2 aliphatic heterocycles. The average Bonchev–Trinajstić information content (AvgIpc) is 2.99. The van der Waals surface area contributed by atoms with Gasteiger partial charge in [-0.3, -0.25) is 14.5 Å². The van der Waals surface area contributed by atoms with Gasteiger partial charge >= 0.3 is 0 Å². The molecule has 1 saturated heterocycles. The lowest BCUT2D eigenvalue weighted by atomic mass is 10.0. The maximum atomic E-state index is 13.5. The summed E-state index contributed by atoms with van der Waals surface area (Å²) in [4.78, 5) is 32.4. The number of aliphatic hydroxyl groups is 1. The molecule has 0 aromatic heterocycles. The third-order valence-electron chi connectivity index (χ3n) is 5.49. The predicted molar refractivity (Wildman–Crippen MR) is 112 cm³/mol. The van der Waals surface area contributed by atoms with E-state index in [0.29, 0.717) is 36.6 Å². The van der Waals surface area contributed by atoms with E-state index in [1.165, 1.54) is 4.90 Å². The van der Waals surface area contributed by atoms with E-state index in [1.807, 2.05) is 60.4 Å². The second-order valence-corrected chi connectivity index (χ2v) is 7.43. The lowest BCUT2D eigenvalue weighted by molar-refractivity contribution is -0.120. The molecule has 4 rings (SSSR count). The van der Waals surface area contributed by atoms with E-state index >= 15 is 0 Å². The Bertz CT molecular complexity index is 947. The minimum atomic E-state index is -0.278. The van der Waals surface area contributed by atoms with Crippen LogP contribution in [0.1, 0.15) is 11.1 Å². The third-order valence-corrected chi connectivity index (χ3v) is 5.49. The molecule has 0 radical (unpaired) electrons. The number of imide groups is 1. The summed E-state index contributed by atoms with van der Waals surface area (Å²) >= 11 is 0. The fourth-order valence-corrected chi connectivity index (χ4v) is 4.01. The van der Waals surface area contributed by atoms with Gasteiger partial charge in [-0.25, -0.2) is 4.90 Å². The molecule has 6 nitrogen and oxygen atoms in total. The number of carbonyl (C=O) groups excluding carboxylic acids is 2. The first-order chi connectivity index (χ1) is 14.1. The number of β-amino-alcohol motifs (C(OH)–C–C–N with tert-alkyl or cyclic N) is 1. The van der Waals surface area contributed by atoms with Gasteiger partial charge in [-0.05, 0) is 30.2 Å². The number of nitrogens with zero attached hydrogens (tertiary/aromatic N) is 3. The van der Waals surface area contributed by atoms with Gasteiger partial charge in [0.15, 0.2) is 0 Å². The minimum absolute atomic E-state index is 0.122. The van der Waals surface area contributed by atoms with E-state index in [1.54, 1.807) is 6.07 Å². The molecule has 1 fully saturated rings. The van der Waals surface area contributed by atoms with Crippen molar-refractivity contribution in [3.05, 3.63) is 71.4 Å². The maximum absolute atomic E-state index is 13.5. The first-order valence-corrected chi connectivity index (χ1v) is 9.93. The number of aliphatic hydroxyl groups excluding tert-OH is 1. The Balaban J connectivity index is 1.73. The molecule has 2 heterocycles. The second kappa shape index (κ2) is 8.19. The number of aryl methyl sites for hydroxylation is 1. The monoisotopic (exact) mass is 391 g/mol. The molecule has 0 saturated carbocycles. The molecule has 29 heavy (non-hydrogen) atoms. The van der Waals surface area contributed by atoms with Crippen molar-refractivity contribution in [2.24, 2.45) is 0 Å². The van der Waals surface area contributed by atoms with Gasteiger partial charge in [0.25, 0.3) is 11.8 Å². The van der Waals surface area contributed by atoms with Gasteiger partial charge < -0.3 is 10.0 Å². The summed E-state index contributed by atoms with van der Waals surface area (Å²) in [6.45, 7) is 5.48. The molecule has 1 N–H and O–H groups in total. The Morgan fingerprint density at radius 1 is 0.897 bits per heavy atom. The molecule has 0 atom stereocenters. The van der Waals surface area contributed by atoms with Gasteiger partial charge in [0.1, 0.15) is 5.70 Å². The second-order valence-electron chi connectivity index (χ2n) is 7.43. The van der Waals surface area contributed by atoms with Crippen molar-refractivity contribution >= 4 is 23.1 Å². The van der Waals surface area contributed by atoms with E-state index in [2.05, 4.69) is 4.90 Å². The molecular weight excluding hydrogens is 366 g/mol. The van der Waals surface area contributed by atoms with Crippen molar-refractivity contribution in [1.82, 2.24) is 9.80 Å². The van der Waals surface area contributed by atoms with Crippen LogP contribution in [0.5, 0.6) is 0 Å². The van der Waals surface area contributed by atoms with Crippen molar-refractivity contribution in [2.75, 3.05) is 44.2 Å². The first-order valence-electron chi connectivity index (χ1n) is 9.93. The average molecular weight is 391 g/mol. The minimum Gasteiger partial charge on any atom is -0.395 e. The summed E-state index contributed by atoms with van der Waals surface area (Å²) in [7, 11) is 0. The van der Waals surface area contributed by atoms with Gasteiger partial charge in [0.05, 0.1) is 17.9 Å². The van der Waals surface area contributed by atoms with E-state index in [4.69, 9.17) is 0 Å². The van der Waals surface area contributed by atoms with Crippen LogP contribution < -0.4 is 4.90 Å². The normalized spacial score (nSPS) is 18.1. The van der Waals surface area contributed by atoms with E-state index in [0.717, 1.165) is 24.2 Å². The maximum Gasteiger partial charge on any atom is 0.282 e. The predicted octanol–water partition coefficient (Wildman–Crippen LogP) is 1.89. The highest BCUT2D eigenvalue weighted by Gasteiger charge is 2.42. The summed E-state index contributed by atoms with van der Waals surface area (Å²) in [6.07, 6.45) is 0. The Morgan fingerprint density at radius 3 is 2.28 bits per heavy atom. The molecule has 2 aliphatic rings. The van der Waals surface area contributed by atoms with Crippen LogP contribution in [0.4, 0.5) is 5.69 Å². The topological polar surface area (TPSA) is 64.1 Å². The van der Waals surface area contributed by atoms with Gasteiger partial charge in [-0.1, -0.05) is 42.5 Å². The van der Waals surface area contributed by atoms with Crippen LogP contribution in [-0.2, 0) is 9.59 Å². The van der Waals surface area contributed by atoms with Crippen LogP contribution in [0.25, 0.3) is 5.57 Å². The molecule has 0 unspecified atom stereocenters. The quantitative estimate of drug-likeness (QED) is 0.789. The summed E-state index contributed by atoms with van der Waals surface area (Å²) in [5.74, 6) is -0.547. The third kappa shape index (κ3) is 3.69. The van der Waals surface area contributed by atoms with Gasteiger partial charge in [0, 0.05) is 32.7 Å². The van der Waals surface area contributed by atoms with E-state index < -0.39 is 0 Å². The fourth-order valence-electron chi connectivity index (χ4n) is 4.01. The highest BCUT2D eigenvalue weighted by atomic mass is 16.3. The Labute approximate surface area is 170 Å². The van der Waals surface area contributed by atoms with Crippen LogP contribution in [0.3, 0.4) is 0 Å². The number of amides is 2. The largest absolute Gasteiger partial charge is 0.395 e. The Kier molecular flexibility index (Phi) is 5.47. The van der Waals surface area contributed by atoms with E-state index in [9.17, 15) is 14.7 Å². The van der Waals surface area contributed by atoms with Crippen molar-refractivity contribution in [3.8, 4) is 0 Å². The number of piperazine rings is 1. The molecule has 0 spiro atoms. The van der Waals surface area contributed by atoms with Crippen LogP contribution in [-0.4, -0.2) is 66.1 Å². The van der Waals surface area contributed by atoms with Gasteiger partial charge in [0.2, 0.25) is 0 Å². The summed E-state index contributed by atoms with van der Waals surface area (Å²) < 4.78 is 0. The molecule has 2 aromatic carbocycles. The van der Waals surface area contributed by atoms with Gasteiger partial charge in [-0.2, -0.15) is 0 Å². The van der Waals surface area contributed by atoms with Crippen LogP contribution in [0, 0.1) is 6.92 Å². The standard InChI is InChI=1S/C23H25N3O3/c1-17-6-5-9-19(16-17)26-22(28)20(18-7-3-2-4-8-18)21(23(26)29)25-12-10-24(11-13-25)14-15-27/h2-9,16,27H,10-15H2,1H3. The number of carbonyl (C=O) groups is 2. The first kappa shape index (κ1) is 19.4. The van der Waals surface area contributed by atoms with Crippen LogP contribution in [0.2, 0.25) is 0 Å². The van der Waals surface area contributed by atoms with Crippen LogP contribution >= 0.6 is 0 Å². The molecule has 2 amide bonds. The number of benzene rings is 2. The molecule has 150 valence electrons. The Hall–Kier alpha value is -2.96. The van der Waals surface area contributed by atoms with Crippen molar-refractivity contribution in [2.45, 2.75) is 6.92 Å². The zero-order valence-electron chi connectivity index (χ0n) is 16.5. The number of rotatable bonds is 5. The fraction of sp³-hybridized carbons (Fsp3) is 0.304. The molecule has 6 heteroatoms. The molecular formula is C23H25N3O3. The highest BCUT2D eigenvalue weighted by Crippen LogP contribution is 2.35. The SMILES string of the molecule is Cc1cccc(N2C(=O)C(c3ccccc3)=C(N3CCN(CCO)CC3)C2=O)c1. The van der Waals surface area contributed by atoms with Crippen molar-refractivity contribution in [3.63, 3.8) is 0 Å². The number of hydrogen-bond acceptors (Lipinski definition) is 5. The van der Waals surface area contributed by atoms with Crippen molar-refractivity contribution < 1.29 is 14.7 Å². The van der Waals surface area contributed by atoms with Crippen LogP contribution in [0.15, 0.2) is 60.3 Å².